The fraction of sp³-hybridized carbons (Fsp3) is 0.316. The van der Waals surface area contributed by atoms with Crippen molar-refractivity contribution in [2.45, 2.75) is 13.0 Å². The third-order valence-corrected chi connectivity index (χ3v) is 3.60. The van der Waals surface area contributed by atoms with E-state index >= 15 is 0 Å². The molecular weight excluding hydrogens is 324 g/mol. The Balaban J connectivity index is 0.00000288. The zero-order valence-electron chi connectivity index (χ0n) is 13.8. The summed E-state index contributed by atoms with van der Waals surface area (Å²) >= 11 is 0. The Labute approximate surface area is 150 Å². The lowest BCUT2D eigenvalue weighted by Crippen LogP contribution is -2.39. The minimum absolute atomic E-state index is 0. The first kappa shape index (κ1) is 20.2. The van der Waals surface area contributed by atoms with Crippen LogP contribution in [0.15, 0.2) is 60.7 Å². The van der Waals surface area contributed by atoms with Gasteiger partial charge in [-0.25, -0.2) is 0 Å². The number of rotatable bonds is 9. The quantitative estimate of drug-likeness (QED) is 0.758. The molecule has 0 heterocycles. The second-order valence-electron chi connectivity index (χ2n) is 5.38. The lowest BCUT2D eigenvalue weighted by molar-refractivity contribution is -0.136. The minimum atomic E-state index is -0.0117. The van der Waals surface area contributed by atoms with Crippen LogP contribution in [-0.4, -0.2) is 37.0 Å². The Morgan fingerprint density at radius 1 is 0.917 bits per heavy atom. The van der Waals surface area contributed by atoms with Gasteiger partial charge in [0.1, 0.15) is 6.61 Å². The lowest BCUT2D eigenvalue weighted by atomic mass is 10.1. The number of ether oxygens (including phenoxy) is 1. The average molecular weight is 349 g/mol. The van der Waals surface area contributed by atoms with E-state index in [-0.39, 0.29) is 24.9 Å². The monoisotopic (exact) mass is 348 g/mol. The molecule has 0 aliphatic rings. The van der Waals surface area contributed by atoms with Crippen molar-refractivity contribution in [1.82, 2.24) is 4.90 Å². The molecule has 0 aliphatic heterocycles. The number of carbonyl (C=O) groups is 1. The van der Waals surface area contributed by atoms with E-state index in [1.807, 2.05) is 48.5 Å². The van der Waals surface area contributed by atoms with E-state index in [0.717, 1.165) is 12.0 Å². The van der Waals surface area contributed by atoms with E-state index in [1.165, 1.54) is 5.56 Å². The number of hydrogen-bond donors (Lipinski definition) is 1. The van der Waals surface area contributed by atoms with Gasteiger partial charge in [-0.3, -0.25) is 4.79 Å². The van der Waals surface area contributed by atoms with Crippen molar-refractivity contribution in [3.63, 3.8) is 0 Å². The van der Waals surface area contributed by atoms with Gasteiger partial charge in [0.05, 0.1) is 6.61 Å². The first-order valence-corrected chi connectivity index (χ1v) is 7.93. The van der Waals surface area contributed by atoms with Crippen molar-refractivity contribution in [1.29, 1.82) is 0 Å². The molecule has 0 saturated heterocycles. The summed E-state index contributed by atoms with van der Waals surface area (Å²) in [6.07, 6.45) is 0.825. The van der Waals surface area contributed by atoms with Crippen LogP contribution in [0.3, 0.4) is 0 Å². The molecule has 0 atom stereocenters. The molecule has 0 fully saturated rings. The fourth-order valence-corrected chi connectivity index (χ4v) is 2.35. The Kier molecular flexibility index (Phi) is 9.77. The van der Waals surface area contributed by atoms with Crippen LogP contribution in [0.2, 0.25) is 0 Å². The lowest BCUT2D eigenvalue weighted by Gasteiger charge is -2.22. The molecule has 1 amide bonds. The van der Waals surface area contributed by atoms with Gasteiger partial charge in [-0.05, 0) is 17.5 Å². The Morgan fingerprint density at radius 3 is 2.08 bits per heavy atom. The van der Waals surface area contributed by atoms with E-state index in [0.29, 0.717) is 26.2 Å². The van der Waals surface area contributed by atoms with Gasteiger partial charge in [0.25, 0.3) is 0 Å². The summed E-state index contributed by atoms with van der Waals surface area (Å²) in [6.45, 7) is 2.21. The summed E-state index contributed by atoms with van der Waals surface area (Å²) in [6, 6.07) is 20.0. The third-order valence-electron chi connectivity index (χ3n) is 3.60. The van der Waals surface area contributed by atoms with Gasteiger partial charge in [0.15, 0.2) is 0 Å². The highest BCUT2D eigenvalue weighted by atomic mass is 35.5. The number of halogens is 1. The summed E-state index contributed by atoms with van der Waals surface area (Å²) < 4.78 is 5.53. The van der Waals surface area contributed by atoms with Crippen molar-refractivity contribution in [2.75, 3.05) is 26.2 Å². The standard InChI is InChI=1S/C19H24N2O2.ClH/c20-12-14-21(13-11-17-7-3-1-4-8-17)19(22)16-23-15-18-9-5-2-6-10-18;/h1-10H,11-16,20H2;1H. The van der Waals surface area contributed by atoms with Crippen molar-refractivity contribution < 1.29 is 9.53 Å². The molecule has 2 rings (SSSR count). The maximum absolute atomic E-state index is 12.3. The van der Waals surface area contributed by atoms with Crippen molar-refractivity contribution >= 4 is 18.3 Å². The molecule has 4 nitrogen and oxygen atoms in total. The third kappa shape index (κ3) is 7.13. The number of nitrogens with zero attached hydrogens (tertiary/aromatic N) is 1. The Bertz CT molecular complexity index is 578. The van der Waals surface area contributed by atoms with Gasteiger partial charge in [0.2, 0.25) is 5.91 Å². The van der Waals surface area contributed by atoms with Crippen LogP contribution in [0.5, 0.6) is 0 Å². The molecule has 5 heteroatoms. The largest absolute Gasteiger partial charge is 0.367 e. The molecule has 0 radical (unpaired) electrons. The van der Waals surface area contributed by atoms with E-state index in [2.05, 4.69) is 12.1 Å². The Hall–Kier alpha value is -1.88. The molecule has 0 saturated carbocycles. The minimum Gasteiger partial charge on any atom is -0.367 e. The summed E-state index contributed by atoms with van der Waals surface area (Å²) in [4.78, 5) is 14.1. The summed E-state index contributed by atoms with van der Waals surface area (Å²) in [5.74, 6) is -0.0117. The second-order valence-corrected chi connectivity index (χ2v) is 5.38. The highest BCUT2D eigenvalue weighted by Crippen LogP contribution is 2.04. The van der Waals surface area contributed by atoms with E-state index < -0.39 is 0 Å². The summed E-state index contributed by atoms with van der Waals surface area (Å²) in [7, 11) is 0. The number of carbonyl (C=O) groups excluding carboxylic acids is 1. The van der Waals surface area contributed by atoms with Crippen LogP contribution in [0.25, 0.3) is 0 Å². The first-order valence-electron chi connectivity index (χ1n) is 7.93. The molecule has 2 N–H and O–H groups in total. The van der Waals surface area contributed by atoms with Gasteiger partial charge in [-0.15, -0.1) is 12.4 Å². The summed E-state index contributed by atoms with van der Waals surface area (Å²) in [5, 5.41) is 0. The molecule has 0 spiro atoms. The number of amides is 1. The van der Waals surface area contributed by atoms with Crippen molar-refractivity contribution in [2.24, 2.45) is 5.73 Å². The van der Waals surface area contributed by atoms with Crippen LogP contribution in [0, 0.1) is 0 Å². The second kappa shape index (κ2) is 11.6. The summed E-state index contributed by atoms with van der Waals surface area (Å²) in [5.41, 5.74) is 7.90. The Morgan fingerprint density at radius 2 is 1.50 bits per heavy atom. The zero-order chi connectivity index (χ0) is 16.3. The van der Waals surface area contributed by atoms with Crippen LogP contribution in [0.4, 0.5) is 0 Å². The van der Waals surface area contributed by atoms with Gasteiger partial charge in [-0.2, -0.15) is 0 Å². The number of hydrogen-bond acceptors (Lipinski definition) is 3. The predicted octanol–water partition coefficient (Wildman–Crippen LogP) is 2.66. The van der Waals surface area contributed by atoms with Gasteiger partial charge >= 0.3 is 0 Å². The van der Waals surface area contributed by atoms with Crippen LogP contribution in [0.1, 0.15) is 11.1 Å². The maximum atomic E-state index is 12.3. The molecule has 2 aromatic carbocycles. The normalized spacial score (nSPS) is 10.0. The molecule has 130 valence electrons. The predicted molar refractivity (Wildman–Crippen MR) is 99.1 cm³/mol. The van der Waals surface area contributed by atoms with E-state index in [1.54, 1.807) is 4.90 Å². The van der Waals surface area contributed by atoms with Crippen molar-refractivity contribution in [3.8, 4) is 0 Å². The van der Waals surface area contributed by atoms with Gasteiger partial charge in [0, 0.05) is 19.6 Å². The fourth-order valence-electron chi connectivity index (χ4n) is 2.35. The molecule has 2 aromatic rings. The van der Waals surface area contributed by atoms with Crippen LogP contribution < -0.4 is 5.73 Å². The zero-order valence-corrected chi connectivity index (χ0v) is 14.6. The molecular formula is C19H25ClN2O2. The molecule has 0 bridgehead atoms. The average Bonchev–Trinajstić information content (AvgIpc) is 2.60. The maximum Gasteiger partial charge on any atom is 0.248 e. The number of nitrogens with two attached hydrogens (primary N) is 1. The molecule has 0 unspecified atom stereocenters. The van der Waals surface area contributed by atoms with Crippen LogP contribution in [-0.2, 0) is 22.6 Å². The van der Waals surface area contributed by atoms with Crippen LogP contribution >= 0.6 is 12.4 Å². The highest BCUT2D eigenvalue weighted by molar-refractivity contribution is 5.85. The van der Waals surface area contributed by atoms with E-state index in [9.17, 15) is 4.79 Å². The SMILES string of the molecule is Cl.NCCN(CCc1ccccc1)C(=O)COCc1ccccc1. The first-order chi connectivity index (χ1) is 11.3. The molecule has 0 aromatic heterocycles. The molecule has 24 heavy (non-hydrogen) atoms. The highest BCUT2D eigenvalue weighted by Gasteiger charge is 2.12. The van der Waals surface area contributed by atoms with Gasteiger partial charge < -0.3 is 15.4 Å². The topological polar surface area (TPSA) is 55.6 Å². The van der Waals surface area contributed by atoms with E-state index in [4.69, 9.17) is 10.5 Å². The number of benzene rings is 2. The molecule has 0 aliphatic carbocycles. The smallest absolute Gasteiger partial charge is 0.248 e. The van der Waals surface area contributed by atoms with Gasteiger partial charge in [-0.1, -0.05) is 60.7 Å². The van der Waals surface area contributed by atoms with Crippen molar-refractivity contribution in [3.05, 3.63) is 71.8 Å².